The van der Waals surface area contributed by atoms with Gasteiger partial charge in [-0.2, -0.15) is 9.37 Å². The van der Waals surface area contributed by atoms with E-state index < -0.39 is 17.9 Å². The molecule has 72 valence electrons. The van der Waals surface area contributed by atoms with Crippen LogP contribution >= 0.6 is 15.9 Å². The van der Waals surface area contributed by atoms with E-state index in [1.54, 1.807) is 0 Å². The Labute approximate surface area is 80.9 Å². The van der Waals surface area contributed by atoms with Gasteiger partial charge in [0.2, 0.25) is 11.8 Å². The van der Waals surface area contributed by atoms with Crippen molar-refractivity contribution in [1.82, 2.24) is 4.98 Å². The zero-order valence-electron chi connectivity index (χ0n) is 6.52. The van der Waals surface area contributed by atoms with Crippen LogP contribution in [0.2, 0.25) is 0 Å². The number of ether oxygens (including phenoxy) is 1. The highest BCUT2D eigenvalue weighted by atomic mass is 79.9. The predicted molar refractivity (Wildman–Crippen MR) is 43.4 cm³/mol. The van der Waals surface area contributed by atoms with Crippen molar-refractivity contribution in [3.05, 3.63) is 22.1 Å². The standard InChI is InChI=1S/C7H5BrF3NO/c1-13-4-2-3(6(9)10)5(8)7(11)12-4/h2,6H,1H3. The average molecular weight is 256 g/mol. The molecular weight excluding hydrogens is 251 g/mol. The zero-order chi connectivity index (χ0) is 10.0. The summed E-state index contributed by atoms with van der Waals surface area (Å²) >= 11 is 2.67. The lowest BCUT2D eigenvalue weighted by Gasteiger charge is -2.05. The number of alkyl halides is 2. The van der Waals surface area contributed by atoms with Crippen molar-refractivity contribution in [3.63, 3.8) is 0 Å². The van der Waals surface area contributed by atoms with E-state index in [0.29, 0.717) is 0 Å². The summed E-state index contributed by atoms with van der Waals surface area (Å²) in [4.78, 5) is 3.27. The molecular formula is C7H5BrF3NO. The Balaban J connectivity index is 3.25. The van der Waals surface area contributed by atoms with E-state index in [2.05, 4.69) is 25.7 Å². The summed E-state index contributed by atoms with van der Waals surface area (Å²) in [5.74, 6) is -1.18. The fourth-order valence-electron chi connectivity index (χ4n) is 0.757. The average Bonchev–Trinajstić information content (AvgIpc) is 2.09. The van der Waals surface area contributed by atoms with Gasteiger partial charge in [-0.25, -0.2) is 8.78 Å². The maximum atomic E-state index is 12.8. The Morgan fingerprint density at radius 1 is 1.54 bits per heavy atom. The van der Waals surface area contributed by atoms with Crippen LogP contribution in [0.4, 0.5) is 13.2 Å². The normalized spacial score (nSPS) is 10.6. The van der Waals surface area contributed by atoms with Crippen LogP contribution in [-0.2, 0) is 0 Å². The first kappa shape index (κ1) is 10.3. The van der Waals surface area contributed by atoms with E-state index in [0.717, 1.165) is 6.07 Å². The molecule has 0 aromatic carbocycles. The number of nitrogens with zero attached hydrogens (tertiary/aromatic N) is 1. The lowest BCUT2D eigenvalue weighted by molar-refractivity contribution is 0.149. The van der Waals surface area contributed by atoms with Crippen LogP contribution in [-0.4, -0.2) is 12.1 Å². The van der Waals surface area contributed by atoms with E-state index >= 15 is 0 Å². The summed E-state index contributed by atoms with van der Waals surface area (Å²) in [5.41, 5.74) is -0.468. The van der Waals surface area contributed by atoms with Crippen LogP contribution < -0.4 is 4.74 Å². The second-order valence-corrected chi connectivity index (χ2v) is 2.95. The van der Waals surface area contributed by atoms with E-state index in [1.165, 1.54) is 7.11 Å². The van der Waals surface area contributed by atoms with Gasteiger partial charge in [0, 0.05) is 11.6 Å². The van der Waals surface area contributed by atoms with Gasteiger partial charge in [0.05, 0.1) is 11.6 Å². The number of hydrogen-bond acceptors (Lipinski definition) is 2. The van der Waals surface area contributed by atoms with Crippen LogP contribution in [0, 0.1) is 5.95 Å². The summed E-state index contributed by atoms with van der Waals surface area (Å²) in [5, 5.41) is 0. The van der Waals surface area contributed by atoms with Crippen molar-refractivity contribution < 1.29 is 17.9 Å². The van der Waals surface area contributed by atoms with Gasteiger partial charge in [0.1, 0.15) is 0 Å². The predicted octanol–water partition coefficient (Wildman–Crippen LogP) is 2.93. The van der Waals surface area contributed by atoms with Gasteiger partial charge in [-0.15, -0.1) is 0 Å². The third-order valence-corrected chi connectivity index (χ3v) is 2.15. The van der Waals surface area contributed by atoms with Crippen molar-refractivity contribution >= 4 is 15.9 Å². The van der Waals surface area contributed by atoms with E-state index in [9.17, 15) is 13.2 Å². The third kappa shape index (κ3) is 2.12. The molecule has 0 fully saturated rings. The first-order valence-electron chi connectivity index (χ1n) is 3.24. The van der Waals surface area contributed by atoms with Gasteiger partial charge < -0.3 is 4.74 Å². The quantitative estimate of drug-likeness (QED) is 0.759. The van der Waals surface area contributed by atoms with Gasteiger partial charge in [-0.3, -0.25) is 0 Å². The maximum absolute atomic E-state index is 12.8. The molecule has 0 aliphatic carbocycles. The first-order chi connectivity index (χ1) is 6.06. The molecule has 0 atom stereocenters. The minimum absolute atomic E-state index is 0.170. The van der Waals surface area contributed by atoms with E-state index in [4.69, 9.17) is 0 Å². The number of halogens is 4. The number of methoxy groups -OCH3 is 1. The van der Waals surface area contributed by atoms with E-state index in [-0.39, 0.29) is 10.4 Å². The second kappa shape index (κ2) is 3.95. The Morgan fingerprint density at radius 2 is 2.15 bits per heavy atom. The molecule has 0 bridgehead atoms. The summed E-state index contributed by atoms with van der Waals surface area (Å²) in [6.45, 7) is 0. The number of aromatic nitrogens is 1. The molecule has 6 heteroatoms. The van der Waals surface area contributed by atoms with Gasteiger partial charge >= 0.3 is 0 Å². The van der Waals surface area contributed by atoms with Crippen LogP contribution in [0.25, 0.3) is 0 Å². The number of rotatable bonds is 2. The van der Waals surface area contributed by atoms with Crippen molar-refractivity contribution in [2.24, 2.45) is 0 Å². The minimum Gasteiger partial charge on any atom is -0.481 e. The molecule has 0 amide bonds. The van der Waals surface area contributed by atoms with Crippen LogP contribution in [0.15, 0.2) is 10.5 Å². The van der Waals surface area contributed by atoms with Gasteiger partial charge in [-0.05, 0) is 15.9 Å². The van der Waals surface area contributed by atoms with Crippen molar-refractivity contribution in [3.8, 4) is 5.88 Å². The summed E-state index contributed by atoms with van der Waals surface area (Å²) in [6, 6.07) is 0.984. The molecule has 0 aliphatic rings. The Morgan fingerprint density at radius 3 is 2.62 bits per heavy atom. The zero-order valence-corrected chi connectivity index (χ0v) is 8.11. The third-order valence-electron chi connectivity index (χ3n) is 1.37. The lowest BCUT2D eigenvalue weighted by Crippen LogP contribution is -1.97. The van der Waals surface area contributed by atoms with Crippen molar-refractivity contribution in [2.45, 2.75) is 6.43 Å². The van der Waals surface area contributed by atoms with Crippen LogP contribution in [0.1, 0.15) is 12.0 Å². The first-order valence-corrected chi connectivity index (χ1v) is 4.03. The molecule has 13 heavy (non-hydrogen) atoms. The maximum Gasteiger partial charge on any atom is 0.265 e. The summed E-state index contributed by atoms with van der Waals surface area (Å²) in [6.07, 6.45) is -2.76. The molecule has 0 radical (unpaired) electrons. The van der Waals surface area contributed by atoms with Gasteiger partial charge in [0.25, 0.3) is 6.43 Å². The number of pyridine rings is 1. The summed E-state index contributed by atoms with van der Waals surface area (Å²) in [7, 11) is 1.23. The molecule has 1 aromatic heterocycles. The largest absolute Gasteiger partial charge is 0.481 e. The van der Waals surface area contributed by atoms with Crippen LogP contribution in [0.5, 0.6) is 5.88 Å². The molecule has 1 aromatic rings. The Kier molecular flexibility index (Phi) is 3.13. The monoisotopic (exact) mass is 255 g/mol. The lowest BCUT2D eigenvalue weighted by atomic mass is 10.3. The molecule has 0 N–H and O–H groups in total. The molecule has 1 rings (SSSR count). The Bertz CT molecular complexity index is 319. The molecule has 1 heterocycles. The fourth-order valence-corrected chi connectivity index (χ4v) is 1.13. The second-order valence-electron chi connectivity index (χ2n) is 2.16. The van der Waals surface area contributed by atoms with Crippen molar-refractivity contribution in [1.29, 1.82) is 0 Å². The molecule has 0 unspecified atom stereocenters. The molecule has 2 nitrogen and oxygen atoms in total. The smallest absolute Gasteiger partial charge is 0.265 e. The van der Waals surface area contributed by atoms with Crippen molar-refractivity contribution in [2.75, 3.05) is 7.11 Å². The van der Waals surface area contributed by atoms with E-state index in [1.807, 2.05) is 0 Å². The van der Waals surface area contributed by atoms with Crippen LogP contribution in [0.3, 0.4) is 0 Å². The minimum atomic E-state index is -2.76. The highest BCUT2D eigenvalue weighted by Gasteiger charge is 2.17. The molecule has 0 saturated heterocycles. The number of hydrogen-bond donors (Lipinski definition) is 0. The molecule has 0 aliphatic heterocycles. The highest BCUT2D eigenvalue weighted by molar-refractivity contribution is 9.10. The van der Waals surface area contributed by atoms with Gasteiger partial charge in [-0.1, -0.05) is 0 Å². The Hall–Kier alpha value is -0.780. The highest BCUT2D eigenvalue weighted by Crippen LogP contribution is 2.30. The summed E-state index contributed by atoms with van der Waals surface area (Å²) < 4.78 is 41.5. The SMILES string of the molecule is COc1cc(C(F)F)c(Br)c(F)n1. The topological polar surface area (TPSA) is 22.1 Å². The molecule has 0 saturated carbocycles. The fraction of sp³-hybridized carbons (Fsp3) is 0.286. The van der Waals surface area contributed by atoms with Gasteiger partial charge in [0.15, 0.2) is 0 Å². The molecule has 0 spiro atoms.